The first-order valence-electron chi connectivity index (χ1n) is 3.22. The van der Waals surface area contributed by atoms with Gasteiger partial charge in [-0.3, -0.25) is 0 Å². The molecule has 0 aromatic heterocycles. The zero-order valence-electron chi connectivity index (χ0n) is 5.63. The van der Waals surface area contributed by atoms with E-state index in [9.17, 15) is 0 Å². The predicted molar refractivity (Wildman–Crippen MR) is 46.5 cm³/mol. The van der Waals surface area contributed by atoms with Crippen LogP contribution in [0.3, 0.4) is 0 Å². The lowest BCUT2D eigenvalue weighted by Crippen LogP contribution is -2.01. The molecule has 0 bridgehead atoms. The molecule has 1 heteroatoms. The molecular weight excluding hydrogens is 140 g/mol. The van der Waals surface area contributed by atoms with Crippen molar-refractivity contribution in [3.05, 3.63) is 0 Å². The number of rotatable bonds is 0. The fourth-order valence-corrected chi connectivity index (χ4v) is 1.57. The van der Waals surface area contributed by atoms with E-state index in [2.05, 4.69) is 11.8 Å². The molecule has 1 aliphatic rings. The summed E-state index contributed by atoms with van der Waals surface area (Å²) in [6, 6.07) is 0. The molecule has 0 amide bonds. The maximum Gasteiger partial charge on any atom is 0.0386 e. The second-order valence-electron chi connectivity index (χ2n) is 2.49. The standard InChI is InChI=1S/C9H8S/c1-3-7-5-9(10)6-8(7)4-2/h1-2,7-8H,5-6H2. The van der Waals surface area contributed by atoms with Gasteiger partial charge in [-0.25, -0.2) is 0 Å². The maximum absolute atomic E-state index is 5.26. The van der Waals surface area contributed by atoms with Gasteiger partial charge in [-0.1, -0.05) is 12.2 Å². The van der Waals surface area contributed by atoms with Gasteiger partial charge < -0.3 is 0 Å². The molecular formula is C9H8S. The lowest BCUT2D eigenvalue weighted by atomic mass is 9.98. The van der Waals surface area contributed by atoms with Gasteiger partial charge in [0.25, 0.3) is 0 Å². The first-order chi connectivity index (χ1) is 4.77. The molecule has 0 N–H and O–H groups in total. The summed E-state index contributed by atoms with van der Waals surface area (Å²) in [5.74, 6) is 5.74. The number of terminal acetylenes is 2. The van der Waals surface area contributed by atoms with Crippen molar-refractivity contribution < 1.29 is 0 Å². The monoisotopic (exact) mass is 148 g/mol. The minimum Gasteiger partial charge on any atom is -0.120 e. The number of hydrogen-bond acceptors (Lipinski definition) is 1. The summed E-state index contributed by atoms with van der Waals surface area (Å²) in [6.45, 7) is 0. The van der Waals surface area contributed by atoms with Crippen LogP contribution in [0.5, 0.6) is 0 Å². The third-order valence-corrected chi connectivity index (χ3v) is 2.14. The van der Waals surface area contributed by atoms with E-state index in [1.807, 2.05) is 0 Å². The Morgan fingerprint density at radius 1 is 1.20 bits per heavy atom. The molecule has 0 radical (unpaired) electrons. The van der Waals surface area contributed by atoms with Crippen LogP contribution >= 0.6 is 12.2 Å². The van der Waals surface area contributed by atoms with E-state index in [4.69, 9.17) is 25.1 Å². The van der Waals surface area contributed by atoms with Crippen LogP contribution in [0.2, 0.25) is 0 Å². The molecule has 0 saturated heterocycles. The summed E-state index contributed by atoms with van der Waals surface area (Å²) in [5.41, 5.74) is 0. The van der Waals surface area contributed by atoms with E-state index >= 15 is 0 Å². The van der Waals surface area contributed by atoms with Crippen LogP contribution in [-0.4, -0.2) is 4.86 Å². The zero-order chi connectivity index (χ0) is 7.56. The number of hydrogen-bond donors (Lipinski definition) is 0. The first-order valence-corrected chi connectivity index (χ1v) is 3.62. The highest BCUT2D eigenvalue weighted by Crippen LogP contribution is 2.28. The second kappa shape index (κ2) is 2.86. The molecule has 0 aliphatic heterocycles. The average Bonchev–Trinajstić information content (AvgIpc) is 2.30. The summed E-state index contributed by atoms with van der Waals surface area (Å²) < 4.78 is 0. The molecule has 0 aromatic rings. The molecule has 0 heterocycles. The molecule has 1 fully saturated rings. The van der Waals surface area contributed by atoms with Crippen LogP contribution < -0.4 is 0 Å². The summed E-state index contributed by atoms with van der Waals surface area (Å²) >= 11 is 5.01. The Kier molecular flexibility index (Phi) is 2.10. The number of thiocarbonyl (C=S) groups is 1. The van der Waals surface area contributed by atoms with Gasteiger partial charge >= 0.3 is 0 Å². The van der Waals surface area contributed by atoms with Crippen molar-refractivity contribution >= 4 is 17.1 Å². The van der Waals surface area contributed by atoms with E-state index < -0.39 is 0 Å². The fraction of sp³-hybridized carbons (Fsp3) is 0.444. The highest BCUT2D eigenvalue weighted by atomic mass is 32.1. The Balaban J connectivity index is 2.71. The van der Waals surface area contributed by atoms with E-state index in [1.54, 1.807) is 0 Å². The van der Waals surface area contributed by atoms with Gasteiger partial charge in [0, 0.05) is 11.8 Å². The summed E-state index contributed by atoms with van der Waals surface area (Å²) in [5, 5.41) is 0. The summed E-state index contributed by atoms with van der Waals surface area (Å²) in [6.07, 6.45) is 12.2. The third kappa shape index (κ3) is 1.20. The van der Waals surface area contributed by atoms with E-state index in [0.717, 1.165) is 17.7 Å². The second-order valence-corrected chi connectivity index (χ2v) is 3.07. The largest absolute Gasteiger partial charge is 0.120 e. The van der Waals surface area contributed by atoms with Gasteiger partial charge in [-0.2, -0.15) is 0 Å². The van der Waals surface area contributed by atoms with Crippen molar-refractivity contribution in [3.8, 4) is 24.7 Å². The molecule has 10 heavy (non-hydrogen) atoms. The van der Waals surface area contributed by atoms with E-state index in [0.29, 0.717) is 0 Å². The van der Waals surface area contributed by atoms with Crippen LogP contribution in [0, 0.1) is 36.5 Å². The van der Waals surface area contributed by atoms with Gasteiger partial charge in [-0.15, -0.1) is 24.7 Å². The molecule has 50 valence electrons. The first kappa shape index (κ1) is 7.32. The Hall–Kier alpha value is -0.790. The van der Waals surface area contributed by atoms with Gasteiger partial charge in [0.2, 0.25) is 0 Å². The van der Waals surface area contributed by atoms with Crippen LogP contribution in [0.25, 0.3) is 0 Å². The Bertz CT molecular complexity index is 202. The van der Waals surface area contributed by atoms with Crippen molar-refractivity contribution in [2.45, 2.75) is 12.8 Å². The molecule has 0 aromatic carbocycles. The van der Waals surface area contributed by atoms with E-state index in [1.165, 1.54) is 0 Å². The fourth-order valence-electron chi connectivity index (χ4n) is 1.21. The lowest BCUT2D eigenvalue weighted by molar-refractivity contribution is 0.596. The highest BCUT2D eigenvalue weighted by molar-refractivity contribution is 7.80. The Labute approximate surface area is 67.0 Å². The van der Waals surface area contributed by atoms with E-state index in [-0.39, 0.29) is 11.8 Å². The Morgan fingerprint density at radius 2 is 1.60 bits per heavy atom. The summed E-state index contributed by atoms with van der Waals surface area (Å²) in [4.78, 5) is 1.03. The SMILES string of the molecule is C#CC1CC(=S)CC1C#C. The van der Waals surface area contributed by atoms with Crippen molar-refractivity contribution in [3.63, 3.8) is 0 Å². The lowest BCUT2D eigenvalue weighted by Gasteiger charge is -2.03. The van der Waals surface area contributed by atoms with Crippen LogP contribution in [0.15, 0.2) is 0 Å². The van der Waals surface area contributed by atoms with Crippen molar-refractivity contribution in [1.82, 2.24) is 0 Å². The molecule has 1 aliphatic carbocycles. The molecule has 2 atom stereocenters. The predicted octanol–water partition coefficient (Wildman–Crippen LogP) is 1.65. The van der Waals surface area contributed by atoms with Gasteiger partial charge in [0.15, 0.2) is 0 Å². The average molecular weight is 148 g/mol. The van der Waals surface area contributed by atoms with Crippen molar-refractivity contribution in [2.24, 2.45) is 11.8 Å². The molecule has 2 unspecified atom stereocenters. The quantitative estimate of drug-likeness (QED) is 0.372. The highest BCUT2D eigenvalue weighted by Gasteiger charge is 2.27. The van der Waals surface area contributed by atoms with Gasteiger partial charge in [0.1, 0.15) is 0 Å². The molecule has 0 nitrogen and oxygen atoms in total. The van der Waals surface area contributed by atoms with Crippen LogP contribution in [0.4, 0.5) is 0 Å². The molecule has 0 spiro atoms. The van der Waals surface area contributed by atoms with Crippen LogP contribution in [-0.2, 0) is 0 Å². The van der Waals surface area contributed by atoms with Crippen LogP contribution in [0.1, 0.15) is 12.8 Å². The van der Waals surface area contributed by atoms with Crippen molar-refractivity contribution in [2.75, 3.05) is 0 Å². The maximum atomic E-state index is 5.26. The normalized spacial score (nSPS) is 31.2. The minimum absolute atomic E-state index is 0.206. The summed E-state index contributed by atoms with van der Waals surface area (Å²) in [7, 11) is 0. The zero-order valence-corrected chi connectivity index (χ0v) is 6.45. The van der Waals surface area contributed by atoms with Gasteiger partial charge in [0.05, 0.1) is 0 Å². The smallest absolute Gasteiger partial charge is 0.0386 e. The Morgan fingerprint density at radius 3 is 1.90 bits per heavy atom. The minimum atomic E-state index is 0.206. The molecule has 1 rings (SSSR count). The van der Waals surface area contributed by atoms with Gasteiger partial charge in [-0.05, 0) is 17.7 Å². The third-order valence-electron chi connectivity index (χ3n) is 1.81. The topological polar surface area (TPSA) is 0 Å². The molecule has 1 saturated carbocycles. The van der Waals surface area contributed by atoms with Crippen molar-refractivity contribution in [1.29, 1.82) is 0 Å².